The maximum atomic E-state index is 5.67. The van der Waals surface area contributed by atoms with Gasteiger partial charge in [-0.15, -0.1) is 0 Å². The van der Waals surface area contributed by atoms with E-state index in [1.54, 1.807) is 0 Å². The molecule has 0 aromatic carbocycles. The lowest BCUT2D eigenvalue weighted by Crippen LogP contribution is -2.14. The number of hydrogen-bond acceptors (Lipinski definition) is 2. The normalized spacial score (nSPS) is 24.3. The maximum Gasteiger partial charge on any atom is 0.183 e. The van der Waals surface area contributed by atoms with Gasteiger partial charge in [0.1, 0.15) is 6.10 Å². The molecule has 94 valence electrons. The highest BCUT2D eigenvalue weighted by Gasteiger charge is 2.21. The number of unbranched alkanes of at least 4 members (excludes halogenated alkanes) is 6. The Hall–Kier alpha value is -0.530. The highest BCUT2D eigenvalue weighted by atomic mass is 16.5. The molecule has 2 heteroatoms. The first-order valence-corrected chi connectivity index (χ1v) is 6.97. The van der Waals surface area contributed by atoms with Crippen LogP contribution >= 0.6 is 0 Å². The zero-order valence-electron chi connectivity index (χ0n) is 11.2. The molecule has 0 N–H and O–H groups in total. The van der Waals surface area contributed by atoms with Crippen molar-refractivity contribution in [2.45, 2.75) is 84.3 Å². The van der Waals surface area contributed by atoms with Gasteiger partial charge in [-0.25, -0.2) is 4.99 Å². The number of ether oxygens (including phenoxy) is 1. The molecule has 0 bridgehead atoms. The van der Waals surface area contributed by atoms with Gasteiger partial charge in [-0.3, -0.25) is 0 Å². The van der Waals surface area contributed by atoms with Crippen molar-refractivity contribution in [3.63, 3.8) is 0 Å². The van der Waals surface area contributed by atoms with Crippen molar-refractivity contribution in [1.82, 2.24) is 0 Å². The molecule has 1 rings (SSSR count). The average molecular weight is 225 g/mol. The third kappa shape index (κ3) is 5.00. The van der Waals surface area contributed by atoms with Gasteiger partial charge in [0.2, 0.25) is 0 Å². The van der Waals surface area contributed by atoms with Crippen LogP contribution in [0.4, 0.5) is 0 Å². The molecule has 1 aliphatic rings. The van der Waals surface area contributed by atoms with Crippen molar-refractivity contribution in [2.24, 2.45) is 4.99 Å². The Morgan fingerprint density at radius 2 is 1.62 bits per heavy atom. The predicted molar refractivity (Wildman–Crippen MR) is 70.1 cm³/mol. The minimum Gasteiger partial charge on any atom is -0.476 e. The van der Waals surface area contributed by atoms with Crippen LogP contribution in [0.2, 0.25) is 0 Å². The minimum absolute atomic E-state index is 0.291. The molecule has 0 radical (unpaired) electrons. The van der Waals surface area contributed by atoms with E-state index in [1.807, 2.05) is 0 Å². The Balaban J connectivity index is 1.94. The zero-order valence-corrected chi connectivity index (χ0v) is 11.2. The zero-order chi connectivity index (χ0) is 11.8. The van der Waals surface area contributed by atoms with Crippen molar-refractivity contribution in [1.29, 1.82) is 0 Å². The molecule has 0 aromatic rings. The summed E-state index contributed by atoms with van der Waals surface area (Å²) in [5.41, 5.74) is 0. The van der Waals surface area contributed by atoms with Crippen LogP contribution in [-0.2, 0) is 4.74 Å². The van der Waals surface area contributed by atoms with Crippen LogP contribution in [0, 0.1) is 0 Å². The molecule has 0 saturated carbocycles. The van der Waals surface area contributed by atoms with Crippen molar-refractivity contribution in [3.8, 4) is 0 Å². The fourth-order valence-corrected chi connectivity index (χ4v) is 2.03. The molecule has 0 aliphatic carbocycles. The monoisotopic (exact) mass is 225 g/mol. The van der Waals surface area contributed by atoms with Gasteiger partial charge in [-0.1, -0.05) is 45.4 Å². The first kappa shape index (κ1) is 13.5. The summed E-state index contributed by atoms with van der Waals surface area (Å²) in [4.78, 5) is 4.51. The Morgan fingerprint density at radius 3 is 2.19 bits per heavy atom. The number of rotatable bonds is 8. The number of hydrogen-bond donors (Lipinski definition) is 0. The van der Waals surface area contributed by atoms with Crippen molar-refractivity contribution in [3.05, 3.63) is 0 Å². The lowest BCUT2D eigenvalue weighted by Gasteiger charge is -2.07. The lowest BCUT2D eigenvalue weighted by atomic mass is 10.1. The van der Waals surface area contributed by atoms with Crippen LogP contribution in [0.15, 0.2) is 4.99 Å². The van der Waals surface area contributed by atoms with E-state index in [9.17, 15) is 0 Å². The third-order valence-corrected chi connectivity index (χ3v) is 3.34. The van der Waals surface area contributed by atoms with Crippen molar-refractivity contribution >= 4 is 5.90 Å². The van der Waals surface area contributed by atoms with Crippen LogP contribution in [0.1, 0.15) is 72.1 Å². The minimum atomic E-state index is 0.291. The molecular formula is C14H27NO. The summed E-state index contributed by atoms with van der Waals surface area (Å²) in [7, 11) is 0. The lowest BCUT2D eigenvalue weighted by molar-refractivity contribution is 0.213. The molecule has 0 aromatic heterocycles. The molecule has 16 heavy (non-hydrogen) atoms. The van der Waals surface area contributed by atoms with E-state index in [0.717, 1.165) is 12.3 Å². The van der Waals surface area contributed by atoms with E-state index in [0.29, 0.717) is 12.1 Å². The summed E-state index contributed by atoms with van der Waals surface area (Å²) in [6, 6.07) is 0.361. The van der Waals surface area contributed by atoms with Gasteiger partial charge in [-0.2, -0.15) is 0 Å². The Morgan fingerprint density at radius 1 is 1.00 bits per heavy atom. The third-order valence-electron chi connectivity index (χ3n) is 3.34. The van der Waals surface area contributed by atoms with E-state index in [1.165, 1.54) is 44.9 Å². The first-order valence-electron chi connectivity index (χ1n) is 6.97. The molecule has 1 heterocycles. The molecule has 2 unspecified atom stereocenters. The summed E-state index contributed by atoms with van der Waals surface area (Å²) in [6.07, 6.45) is 10.8. The standard InChI is InChI=1S/C14H27NO/c1-4-5-6-7-8-9-10-11-14-15-12(2)13(3)16-14/h12-13H,4-11H2,1-3H3. The first-order chi connectivity index (χ1) is 7.74. The van der Waals surface area contributed by atoms with Crippen LogP contribution < -0.4 is 0 Å². The molecule has 0 saturated heterocycles. The summed E-state index contributed by atoms with van der Waals surface area (Å²) in [5.74, 6) is 0.994. The smallest absolute Gasteiger partial charge is 0.183 e. The van der Waals surface area contributed by atoms with E-state index < -0.39 is 0 Å². The van der Waals surface area contributed by atoms with Gasteiger partial charge in [0, 0.05) is 6.42 Å². The van der Waals surface area contributed by atoms with Crippen LogP contribution in [0.3, 0.4) is 0 Å². The van der Waals surface area contributed by atoms with Crippen molar-refractivity contribution in [2.75, 3.05) is 0 Å². The molecule has 0 amide bonds. The SMILES string of the molecule is CCCCCCCCCC1=NC(C)C(C)O1. The number of aliphatic imine (C=N–C) groups is 1. The summed E-state index contributed by atoms with van der Waals surface area (Å²) in [5, 5.41) is 0. The molecule has 1 aliphatic heterocycles. The molecular weight excluding hydrogens is 198 g/mol. The Bertz CT molecular complexity index is 213. The quantitative estimate of drug-likeness (QED) is 0.563. The molecule has 0 spiro atoms. The maximum absolute atomic E-state index is 5.67. The second-order valence-electron chi connectivity index (χ2n) is 4.96. The summed E-state index contributed by atoms with van der Waals surface area (Å²) < 4.78 is 5.67. The van der Waals surface area contributed by atoms with Gasteiger partial charge in [0.05, 0.1) is 6.04 Å². The topological polar surface area (TPSA) is 21.6 Å². The highest BCUT2D eigenvalue weighted by Crippen LogP contribution is 2.16. The second-order valence-corrected chi connectivity index (χ2v) is 4.96. The van der Waals surface area contributed by atoms with Crippen LogP contribution in [0.5, 0.6) is 0 Å². The average Bonchev–Trinajstić information content (AvgIpc) is 2.57. The van der Waals surface area contributed by atoms with Crippen LogP contribution in [-0.4, -0.2) is 18.0 Å². The number of nitrogens with zero attached hydrogens (tertiary/aromatic N) is 1. The van der Waals surface area contributed by atoms with Crippen LogP contribution in [0.25, 0.3) is 0 Å². The predicted octanol–water partition coefficient (Wildman–Crippen LogP) is 4.33. The Labute approximate surface area is 100 Å². The van der Waals surface area contributed by atoms with Gasteiger partial charge in [0.15, 0.2) is 5.90 Å². The molecule has 2 nitrogen and oxygen atoms in total. The van der Waals surface area contributed by atoms with E-state index >= 15 is 0 Å². The summed E-state index contributed by atoms with van der Waals surface area (Å²) in [6.45, 7) is 6.49. The fraction of sp³-hybridized carbons (Fsp3) is 0.929. The summed E-state index contributed by atoms with van der Waals surface area (Å²) >= 11 is 0. The fourth-order valence-electron chi connectivity index (χ4n) is 2.03. The van der Waals surface area contributed by atoms with E-state index in [4.69, 9.17) is 4.74 Å². The van der Waals surface area contributed by atoms with E-state index in [2.05, 4.69) is 25.8 Å². The molecule has 0 fully saturated rings. The van der Waals surface area contributed by atoms with Gasteiger partial charge in [0.25, 0.3) is 0 Å². The van der Waals surface area contributed by atoms with Gasteiger partial charge < -0.3 is 4.74 Å². The highest BCUT2D eigenvalue weighted by molar-refractivity contribution is 5.77. The van der Waals surface area contributed by atoms with Gasteiger partial charge >= 0.3 is 0 Å². The van der Waals surface area contributed by atoms with E-state index in [-0.39, 0.29) is 0 Å². The second kappa shape index (κ2) is 7.70. The van der Waals surface area contributed by atoms with Crippen molar-refractivity contribution < 1.29 is 4.74 Å². The Kier molecular flexibility index (Phi) is 6.51. The molecule has 2 atom stereocenters. The van der Waals surface area contributed by atoms with Gasteiger partial charge in [-0.05, 0) is 20.3 Å². The largest absolute Gasteiger partial charge is 0.476 e.